The fraction of sp³-hybridized carbons (Fsp3) is 0.190. The Balaban J connectivity index is 1.58. The van der Waals surface area contributed by atoms with Gasteiger partial charge in [0, 0.05) is 11.4 Å². The average molecular weight is 384 g/mol. The fourth-order valence-corrected chi connectivity index (χ4v) is 4.46. The third kappa shape index (κ3) is 3.35. The molecular weight excluding hydrogens is 366 g/mol. The molecule has 1 aliphatic rings. The second-order valence-corrected chi connectivity index (χ2v) is 7.58. The van der Waals surface area contributed by atoms with Crippen molar-refractivity contribution in [2.45, 2.75) is 12.5 Å². The molecule has 2 aromatic carbocycles. The van der Waals surface area contributed by atoms with Crippen LogP contribution in [0.5, 0.6) is 5.75 Å². The normalized spacial score (nSPS) is 16.2. The van der Waals surface area contributed by atoms with E-state index in [0.29, 0.717) is 17.3 Å². The molecular formula is C21H18ClNO2S. The van der Waals surface area contributed by atoms with E-state index in [2.05, 4.69) is 23.6 Å². The van der Waals surface area contributed by atoms with Crippen LogP contribution in [0.15, 0.2) is 66.0 Å². The van der Waals surface area contributed by atoms with Crippen molar-refractivity contribution < 1.29 is 9.53 Å². The molecule has 1 aromatic heterocycles. The summed E-state index contributed by atoms with van der Waals surface area (Å²) in [5.41, 5.74) is 2.34. The molecule has 0 aliphatic carbocycles. The summed E-state index contributed by atoms with van der Waals surface area (Å²) in [7, 11) is 0. The first-order chi connectivity index (χ1) is 12.7. The maximum absolute atomic E-state index is 13.0. The summed E-state index contributed by atoms with van der Waals surface area (Å²) in [6.07, 6.45) is 0.883. The maximum Gasteiger partial charge on any atom is 0.261 e. The van der Waals surface area contributed by atoms with Crippen molar-refractivity contribution in [3.05, 3.63) is 87.1 Å². The van der Waals surface area contributed by atoms with E-state index in [4.69, 9.17) is 16.3 Å². The molecule has 26 heavy (non-hydrogen) atoms. The average Bonchev–Trinajstić information content (AvgIpc) is 3.16. The predicted octanol–water partition coefficient (Wildman–Crippen LogP) is 4.95. The van der Waals surface area contributed by atoms with Gasteiger partial charge in [-0.1, -0.05) is 54.1 Å². The number of carbonyl (C=O) groups excluding carboxylic acids is 1. The molecule has 3 nitrogen and oxygen atoms in total. The lowest BCUT2D eigenvalue weighted by Crippen LogP contribution is -2.42. The van der Waals surface area contributed by atoms with Crippen molar-refractivity contribution in [2.24, 2.45) is 0 Å². The molecule has 0 bridgehead atoms. The third-order valence-corrected chi connectivity index (χ3v) is 5.90. The van der Waals surface area contributed by atoms with E-state index in [1.807, 2.05) is 35.2 Å². The van der Waals surface area contributed by atoms with E-state index in [1.54, 1.807) is 23.5 Å². The minimum Gasteiger partial charge on any atom is -0.482 e. The van der Waals surface area contributed by atoms with Crippen molar-refractivity contribution in [1.82, 2.24) is 4.90 Å². The van der Waals surface area contributed by atoms with Crippen molar-refractivity contribution in [3.63, 3.8) is 0 Å². The molecule has 1 amide bonds. The van der Waals surface area contributed by atoms with E-state index >= 15 is 0 Å². The van der Waals surface area contributed by atoms with Crippen LogP contribution in [0.2, 0.25) is 5.02 Å². The third-order valence-electron chi connectivity index (χ3n) is 4.59. The van der Waals surface area contributed by atoms with Gasteiger partial charge in [-0.2, -0.15) is 0 Å². The summed E-state index contributed by atoms with van der Waals surface area (Å²) in [4.78, 5) is 16.2. The van der Waals surface area contributed by atoms with Gasteiger partial charge in [0.1, 0.15) is 5.75 Å². The van der Waals surface area contributed by atoms with Crippen molar-refractivity contribution in [2.75, 3.05) is 13.2 Å². The number of hydrogen-bond acceptors (Lipinski definition) is 3. The van der Waals surface area contributed by atoms with E-state index in [1.165, 1.54) is 10.4 Å². The number of halogens is 1. The highest BCUT2D eigenvalue weighted by atomic mass is 35.5. The quantitative estimate of drug-likeness (QED) is 0.637. The smallest absolute Gasteiger partial charge is 0.261 e. The molecule has 2 heterocycles. The number of nitrogens with zero attached hydrogens (tertiary/aromatic N) is 1. The molecule has 132 valence electrons. The monoisotopic (exact) mass is 383 g/mol. The molecule has 0 N–H and O–H groups in total. The maximum atomic E-state index is 13.0. The first kappa shape index (κ1) is 17.1. The topological polar surface area (TPSA) is 29.5 Å². The largest absolute Gasteiger partial charge is 0.482 e. The first-order valence-electron chi connectivity index (χ1n) is 8.52. The highest BCUT2D eigenvalue weighted by molar-refractivity contribution is 7.10. The summed E-state index contributed by atoms with van der Waals surface area (Å²) < 4.78 is 5.68. The molecule has 1 atom stereocenters. The summed E-state index contributed by atoms with van der Waals surface area (Å²) in [5.74, 6) is 0.502. The Hall–Kier alpha value is -2.30. The molecule has 4 rings (SSSR count). The fourth-order valence-electron chi connectivity index (χ4n) is 3.36. The standard InChI is InChI=1S/C21H18ClNO2S/c22-17-8-4-5-9-18(17)25-14-20(24)23-12-10-19-16(11-13-26-19)21(23)15-6-2-1-3-7-15/h1-9,11,13,21H,10,12,14H2/t21-/m1/s1. The molecule has 5 heteroatoms. The van der Waals surface area contributed by atoms with Crippen LogP contribution >= 0.6 is 22.9 Å². The second kappa shape index (κ2) is 7.52. The molecule has 1 aliphatic heterocycles. The summed E-state index contributed by atoms with van der Waals surface area (Å²) in [6.45, 7) is 0.671. The van der Waals surface area contributed by atoms with Crippen LogP contribution in [0.25, 0.3) is 0 Å². The minimum absolute atomic E-state index is 0.0213. The van der Waals surface area contributed by atoms with Gasteiger partial charge in [-0.25, -0.2) is 0 Å². The highest BCUT2D eigenvalue weighted by Gasteiger charge is 2.32. The number of fused-ring (bicyclic) bond motifs is 1. The van der Waals surface area contributed by atoms with Crippen LogP contribution in [-0.4, -0.2) is 24.0 Å². The lowest BCUT2D eigenvalue weighted by molar-refractivity contribution is -0.135. The predicted molar refractivity (Wildman–Crippen MR) is 105 cm³/mol. The number of rotatable bonds is 4. The van der Waals surface area contributed by atoms with Crippen LogP contribution in [0.3, 0.4) is 0 Å². The number of amides is 1. The van der Waals surface area contributed by atoms with E-state index in [-0.39, 0.29) is 18.6 Å². The molecule has 0 saturated heterocycles. The lowest BCUT2D eigenvalue weighted by Gasteiger charge is -2.36. The molecule has 3 aromatic rings. The van der Waals surface area contributed by atoms with Gasteiger partial charge in [0.05, 0.1) is 11.1 Å². The van der Waals surface area contributed by atoms with Gasteiger partial charge >= 0.3 is 0 Å². The Morgan fingerprint density at radius 3 is 2.69 bits per heavy atom. The van der Waals surface area contributed by atoms with Crippen LogP contribution in [0.4, 0.5) is 0 Å². The Bertz CT molecular complexity index is 909. The van der Waals surface area contributed by atoms with Crippen molar-refractivity contribution in [1.29, 1.82) is 0 Å². The van der Waals surface area contributed by atoms with Crippen LogP contribution < -0.4 is 4.74 Å². The van der Waals surface area contributed by atoms with Crippen molar-refractivity contribution in [3.8, 4) is 5.75 Å². The van der Waals surface area contributed by atoms with E-state index < -0.39 is 0 Å². The number of thiophene rings is 1. The van der Waals surface area contributed by atoms with E-state index in [0.717, 1.165) is 12.0 Å². The van der Waals surface area contributed by atoms with E-state index in [9.17, 15) is 4.79 Å². The molecule has 0 saturated carbocycles. The molecule has 0 radical (unpaired) electrons. The number of ether oxygens (including phenoxy) is 1. The summed E-state index contributed by atoms with van der Waals surface area (Å²) in [5, 5.41) is 2.62. The molecule has 0 fully saturated rings. The molecule has 0 spiro atoms. The SMILES string of the molecule is O=C(COc1ccccc1Cl)N1CCc2sccc2[C@H]1c1ccccc1. The Morgan fingerprint density at radius 1 is 1.12 bits per heavy atom. The Labute approximate surface area is 161 Å². The van der Waals surface area contributed by atoms with Crippen molar-refractivity contribution >= 4 is 28.8 Å². The van der Waals surface area contributed by atoms with Gasteiger partial charge < -0.3 is 9.64 Å². The number of carbonyl (C=O) groups is 1. The van der Waals surface area contributed by atoms with Gasteiger partial charge in [-0.15, -0.1) is 11.3 Å². The van der Waals surface area contributed by atoms with Gasteiger partial charge in [0.25, 0.3) is 5.91 Å². The summed E-state index contributed by atoms with van der Waals surface area (Å²) in [6, 6.07) is 19.5. The van der Waals surface area contributed by atoms with Gasteiger partial charge in [-0.05, 0) is 41.1 Å². The number of hydrogen-bond donors (Lipinski definition) is 0. The molecule has 0 unspecified atom stereocenters. The lowest BCUT2D eigenvalue weighted by atomic mass is 9.93. The summed E-state index contributed by atoms with van der Waals surface area (Å²) >= 11 is 7.88. The van der Waals surface area contributed by atoms with Crippen LogP contribution in [0, 0.1) is 0 Å². The van der Waals surface area contributed by atoms with Gasteiger partial charge in [0.2, 0.25) is 0 Å². The zero-order valence-electron chi connectivity index (χ0n) is 14.1. The minimum atomic E-state index is -0.0615. The highest BCUT2D eigenvalue weighted by Crippen LogP contribution is 2.37. The number of benzene rings is 2. The number of para-hydroxylation sites is 1. The second-order valence-electron chi connectivity index (χ2n) is 6.17. The van der Waals surface area contributed by atoms with Gasteiger partial charge in [-0.3, -0.25) is 4.79 Å². The van der Waals surface area contributed by atoms with Gasteiger partial charge in [0.15, 0.2) is 6.61 Å². The first-order valence-corrected chi connectivity index (χ1v) is 9.78. The zero-order chi connectivity index (χ0) is 17.9. The van der Waals surface area contributed by atoms with Crippen LogP contribution in [-0.2, 0) is 11.2 Å². The Kier molecular flexibility index (Phi) is 4.96. The zero-order valence-corrected chi connectivity index (χ0v) is 15.7. The Morgan fingerprint density at radius 2 is 1.88 bits per heavy atom. The van der Waals surface area contributed by atoms with Crippen LogP contribution in [0.1, 0.15) is 22.0 Å².